The van der Waals surface area contributed by atoms with E-state index in [0.717, 1.165) is 0 Å². The molecule has 0 fully saturated rings. The first-order valence-electron chi connectivity index (χ1n) is 5.65. The molecular weight excluding hydrogens is 301 g/mol. The summed E-state index contributed by atoms with van der Waals surface area (Å²) in [7, 11) is 1.47. The highest BCUT2D eigenvalue weighted by Gasteiger charge is 2.12. The van der Waals surface area contributed by atoms with E-state index in [1.54, 1.807) is 30.3 Å². The summed E-state index contributed by atoms with van der Waals surface area (Å²) in [4.78, 5) is 11.1. The quantitative estimate of drug-likeness (QED) is 0.876. The molecule has 0 saturated carbocycles. The predicted molar refractivity (Wildman–Crippen MR) is 79.7 cm³/mol. The molecule has 0 amide bonds. The Balaban J connectivity index is 2.38. The van der Waals surface area contributed by atoms with Crippen LogP contribution in [0.15, 0.2) is 36.4 Å². The average Bonchev–Trinajstić information content (AvgIpc) is 2.38. The monoisotopic (exact) mass is 311 g/mol. The van der Waals surface area contributed by atoms with E-state index in [9.17, 15) is 4.79 Å². The summed E-state index contributed by atoms with van der Waals surface area (Å²) < 4.78 is 5.06. The van der Waals surface area contributed by atoms with Gasteiger partial charge in [0, 0.05) is 5.69 Å². The lowest BCUT2D eigenvalue weighted by molar-refractivity contribution is 0.0698. The van der Waals surface area contributed by atoms with Gasteiger partial charge in [-0.25, -0.2) is 4.79 Å². The van der Waals surface area contributed by atoms with Gasteiger partial charge in [0.2, 0.25) is 0 Å². The predicted octanol–water partition coefficient (Wildman–Crippen LogP) is 4.44. The Hall–Kier alpha value is -1.91. The van der Waals surface area contributed by atoms with Gasteiger partial charge in [-0.3, -0.25) is 0 Å². The summed E-state index contributed by atoms with van der Waals surface area (Å²) in [5, 5.41) is 12.8. The van der Waals surface area contributed by atoms with Crippen molar-refractivity contribution >= 4 is 40.5 Å². The number of ether oxygens (including phenoxy) is 1. The SMILES string of the molecule is COc1c(Cl)cc(Nc2ccccc2C(=O)O)cc1Cl. The van der Waals surface area contributed by atoms with Crippen molar-refractivity contribution in [1.82, 2.24) is 0 Å². The van der Waals surface area contributed by atoms with Crippen LogP contribution in [0.3, 0.4) is 0 Å². The number of carbonyl (C=O) groups is 1. The van der Waals surface area contributed by atoms with Crippen molar-refractivity contribution in [3.63, 3.8) is 0 Å². The zero-order valence-corrected chi connectivity index (χ0v) is 12.0. The lowest BCUT2D eigenvalue weighted by atomic mass is 10.1. The molecule has 0 aliphatic carbocycles. The van der Waals surface area contributed by atoms with Crippen molar-refractivity contribution < 1.29 is 14.6 Å². The number of benzene rings is 2. The van der Waals surface area contributed by atoms with Crippen LogP contribution in [0.5, 0.6) is 5.75 Å². The number of carboxylic acids is 1. The van der Waals surface area contributed by atoms with Gasteiger partial charge in [-0.05, 0) is 24.3 Å². The average molecular weight is 312 g/mol. The van der Waals surface area contributed by atoms with Gasteiger partial charge in [0.25, 0.3) is 0 Å². The molecule has 0 bridgehead atoms. The summed E-state index contributed by atoms with van der Waals surface area (Å²) >= 11 is 12.1. The first kappa shape index (κ1) is 14.5. The standard InChI is InChI=1S/C14H11Cl2NO3/c1-20-13-10(15)6-8(7-11(13)16)17-12-5-3-2-4-9(12)14(18)19/h2-7,17H,1H3,(H,18,19). The molecule has 4 nitrogen and oxygen atoms in total. The van der Waals surface area contributed by atoms with Crippen LogP contribution in [-0.2, 0) is 0 Å². The normalized spacial score (nSPS) is 10.2. The van der Waals surface area contributed by atoms with Gasteiger partial charge in [0.05, 0.1) is 28.4 Å². The number of para-hydroxylation sites is 1. The molecule has 0 aliphatic rings. The third kappa shape index (κ3) is 2.98. The molecule has 2 aromatic rings. The number of methoxy groups -OCH3 is 1. The topological polar surface area (TPSA) is 58.6 Å². The Morgan fingerprint density at radius 1 is 1.20 bits per heavy atom. The number of anilines is 2. The van der Waals surface area contributed by atoms with E-state index in [1.165, 1.54) is 13.2 Å². The molecule has 104 valence electrons. The number of carboxylic acid groups (broad SMARTS) is 1. The van der Waals surface area contributed by atoms with E-state index in [1.807, 2.05) is 0 Å². The minimum atomic E-state index is -1.01. The number of hydrogen-bond donors (Lipinski definition) is 2. The summed E-state index contributed by atoms with van der Waals surface area (Å²) in [5.41, 5.74) is 1.20. The minimum Gasteiger partial charge on any atom is -0.494 e. The van der Waals surface area contributed by atoms with Gasteiger partial charge < -0.3 is 15.2 Å². The van der Waals surface area contributed by atoms with Crippen molar-refractivity contribution in [3.05, 3.63) is 52.0 Å². The first-order chi connectivity index (χ1) is 9.52. The second-order valence-electron chi connectivity index (χ2n) is 3.95. The molecule has 0 radical (unpaired) electrons. The van der Waals surface area contributed by atoms with Crippen LogP contribution in [0.2, 0.25) is 10.0 Å². The highest BCUT2D eigenvalue weighted by Crippen LogP contribution is 2.36. The maximum absolute atomic E-state index is 11.1. The van der Waals surface area contributed by atoms with Crippen LogP contribution in [0.25, 0.3) is 0 Å². The van der Waals surface area contributed by atoms with Crippen LogP contribution in [0.4, 0.5) is 11.4 Å². The Morgan fingerprint density at radius 2 is 1.80 bits per heavy atom. The molecule has 6 heteroatoms. The molecule has 2 N–H and O–H groups in total. The fraction of sp³-hybridized carbons (Fsp3) is 0.0714. The number of hydrogen-bond acceptors (Lipinski definition) is 3. The van der Waals surface area contributed by atoms with E-state index >= 15 is 0 Å². The Labute approximate surface area is 125 Å². The van der Waals surface area contributed by atoms with Crippen LogP contribution in [0.1, 0.15) is 10.4 Å². The third-order valence-corrected chi connectivity index (χ3v) is 3.20. The lowest BCUT2D eigenvalue weighted by Crippen LogP contribution is -2.02. The number of halogens is 2. The number of rotatable bonds is 4. The van der Waals surface area contributed by atoms with Gasteiger partial charge in [0.1, 0.15) is 0 Å². The van der Waals surface area contributed by atoms with E-state index < -0.39 is 5.97 Å². The molecule has 0 unspecified atom stereocenters. The molecule has 0 spiro atoms. The third-order valence-electron chi connectivity index (χ3n) is 2.64. The van der Waals surface area contributed by atoms with Gasteiger partial charge in [-0.1, -0.05) is 35.3 Å². The highest BCUT2D eigenvalue weighted by molar-refractivity contribution is 6.37. The van der Waals surface area contributed by atoms with Gasteiger partial charge >= 0.3 is 5.97 Å². The van der Waals surface area contributed by atoms with Crippen molar-refractivity contribution in [1.29, 1.82) is 0 Å². The molecule has 0 atom stereocenters. The van der Waals surface area contributed by atoms with E-state index in [0.29, 0.717) is 27.2 Å². The summed E-state index contributed by atoms with van der Waals surface area (Å²) in [5.74, 6) is -0.635. The van der Waals surface area contributed by atoms with Crippen LogP contribution in [-0.4, -0.2) is 18.2 Å². The molecular formula is C14H11Cl2NO3. The van der Waals surface area contributed by atoms with Crippen molar-refractivity contribution in [3.8, 4) is 5.75 Å². The first-order valence-corrected chi connectivity index (χ1v) is 6.41. The molecule has 0 saturated heterocycles. The van der Waals surface area contributed by atoms with Gasteiger partial charge in [-0.15, -0.1) is 0 Å². The second kappa shape index (κ2) is 6.03. The molecule has 2 rings (SSSR count). The Morgan fingerprint density at radius 3 is 2.35 bits per heavy atom. The minimum absolute atomic E-state index is 0.163. The maximum atomic E-state index is 11.1. The fourth-order valence-electron chi connectivity index (χ4n) is 1.76. The summed E-state index contributed by atoms with van der Waals surface area (Å²) in [6, 6.07) is 9.80. The van der Waals surface area contributed by atoms with Crippen LogP contribution in [0, 0.1) is 0 Å². The Bertz CT molecular complexity index is 636. The smallest absolute Gasteiger partial charge is 0.337 e. The second-order valence-corrected chi connectivity index (χ2v) is 4.76. The van der Waals surface area contributed by atoms with Gasteiger partial charge in [-0.2, -0.15) is 0 Å². The van der Waals surface area contributed by atoms with Crippen molar-refractivity contribution in [2.24, 2.45) is 0 Å². The van der Waals surface area contributed by atoms with Crippen LogP contribution >= 0.6 is 23.2 Å². The van der Waals surface area contributed by atoms with Gasteiger partial charge in [0.15, 0.2) is 5.75 Å². The molecule has 0 aromatic heterocycles. The zero-order valence-electron chi connectivity index (χ0n) is 10.5. The lowest BCUT2D eigenvalue weighted by Gasteiger charge is -2.12. The number of nitrogens with one attached hydrogen (secondary N) is 1. The highest BCUT2D eigenvalue weighted by atomic mass is 35.5. The number of aromatic carboxylic acids is 1. The van der Waals surface area contributed by atoms with E-state index in [2.05, 4.69) is 5.32 Å². The molecule has 20 heavy (non-hydrogen) atoms. The van der Waals surface area contributed by atoms with Crippen molar-refractivity contribution in [2.45, 2.75) is 0 Å². The largest absolute Gasteiger partial charge is 0.494 e. The van der Waals surface area contributed by atoms with Crippen LogP contribution < -0.4 is 10.1 Å². The summed E-state index contributed by atoms with van der Waals surface area (Å²) in [6.07, 6.45) is 0. The zero-order chi connectivity index (χ0) is 14.7. The Kier molecular flexibility index (Phi) is 4.37. The van der Waals surface area contributed by atoms with Crippen molar-refractivity contribution in [2.75, 3.05) is 12.4 Å². The van der Waals surface area contributed by atoms with E-state index in [4.69, 9.17) is 33.0 Å². The van der Waals surface area contributed by atoms with E-state index in [-0.39, 0.29) is 5.56 Å². The maximum Gasteiger partial charge on any atom is 0.337 e. The molecule has 2 aromatic carbocycles. The molecule has 0 heterocycles. The fourth-order valence-corrected chi connectivity index (χ4v) is 2.40. The summed E-state index contributed by atoms with van der Waals surface area (Å²) in [6.45, 7) is 0. The molecule has 0 aliphatic heterocycles.